The zero-order valence-corrected chi connectivity index (χ0v) is 17.2. The molecule has 3 aromatic carbocycles. The van der Waals surface area contributed by atoms with Gasteiger partial charge in [0, 0.05) is 5.56 Å². The summed E-state index contributed by atoms with van der Waals surface area (Å²) < 4.78 is 1.87. The largest absolute Gasteiger partial charge is 0.347 e. The van der Waals surface area contributed by atoms with Gasteiger partial charge < -0.3 is 5.32 Å². The Kier molecular flexibility index (Phi) is 4.96. The molecule has 5 rings (SSSR count). The quantitative estimate of drug-likeness (QED) is 0.498. The van der Waals surface area contributed by atoms with Crippen molar-refractivity contribution in [3.8, 4) is 0 Å². The highest BCUT2D eigenvalue weighted by Gasteiger charge is 2.31. The average molecular weight is 409 g/mol. The van der Waals surface area contributed by atoms with E-state index in [0.717, 1.165) is 17.5 Å². The van der Waals surface area contributed by atoms with Crippen LogP contribution in [0.4, 0.5) is 11.9 Å². The molecule has 1 aliphatic rings. The number of hydrogen-bond acceptors (Lipinski definition) is 4. The maximum atomic E-state index is 12.7. The normalized spacial score (nSPS) is 17.5. The molecule has 0 bridgehead atoms. The van der Waals surface area contributed by atoms with Crippen LogP contribution < -0.4 is 10.6 Å². The van der Waals surface area contributed by atoms with Crippen molar-refractivity contribution in [2.45, 2.75) is 25.4 Å². The molecule has 154 valence electrons. The molecular weight excluding hydrogens is 386 g/mol. The van der Waals surface area contributed by atoms with Gasteiger partial charge in [0.2, 0.25) is 5.95 Å². The van der Waals surface area contributed by atoms with Crippen molar-refractivity contribution in [3.05, 3.63) is 107 Å². The molecule has 0 unspecified atom stereocenters. The van der Waals surface area contributed by atoms with E-state index in [2.05, 4.69) is 45.0 Å². The van der Waals surface area contributed by atoms with Crippen LogP contribution in [-0.2, 0) is 0 Å². The first-order chi connectivity index (χ1) is 15.2. The zero-order valence-electron chi connectivity index (χ0n) is 17.2. The minimum absolute atomic E-state index is 0.0141. The summed E-state index contributed by atoms with van der Waals surface area (Å²) in [6.45, 7) is 1.99. The average Bonchev–Trinajstić information content (AvgIpc) is 3.22. The van der Waals surface area contributed by atoms with Crippen molar-refractivity contribution in [1.29, 1.82) is 0 Å². The van der Waals surface area contributed by atoms with Gasteiger partial charge in [-0.3, -0.25) is 10.1 Å². The van der Waals surface area contributed by atoms with Gasteiger partial charge in [-0.2, -0.15) is 4.98 Å². The maximum Gasteiger partial charge on any atom is 0.258 e. The smallest absolute Gasteiger partial charge is 0.258 e. The molecule has 1 amide bonds. The van der Waals surface area contributed by atoms with Crippen LogP contribution in [0.5, 0.6) is 0 Å². The van der Waals surface area contributed by atoms with Crippen LogP contribution in [0.3, 0.4) is 0 Å². The summed E-state index contributed by atoms with van der Waals surface area (Å²) in [5, 5.41) is 11.0. The number of carbonyl (C=O) groups excluding carboxylic acids is 1. The van der Waals surface area contributed by atoms with Gasteiger partial charge in [0.05, 0.1) is 12.1 Å². The van der Waals surface area contributed by atoms with E-state index < -0.39 is 0 Å². The summed E-state index contributed by atoms with van der Waals surface area (Å²) in [5.41, 5.74) is 4.04. The molecule has 6 heteroatoms. The van der Waals surface area contributed by atoms with Crippen LogP contribution >= 0.6 is 0 Å². The van der Waals surface area contributed by atoms with Gasteiger partial charge in [-0.25, -0.2) is 4.68 Å². The van der Waals surface area contributed by atoms with Gasteiger partial charge in [0.1, 0.15) is 0 Å². The van der Waals surface area contributed by atoms with Gasteiger partial charge in [0.15, 0.2) is 0 Å². The lowest BCUT2D eigenvalue weighted by molar-refractivity contribution is 0.102. The number of hydrogen-bond donors (Lipinski definition) is 2. The first kappa shape index (κ1) is 19.1. The molecule has 31 heavy (non-hydrogen) atoms. The highest BCUT2D eigenvalue weighted by molar-refractivity contribution is 6.03. The number of rotatable bonds is 4. The number of anilines is 2. The number of nitrogens with one attached hydrogen (secondary N) is 2. The molecular formula is C25H23N5O. The Morgan fingerprint density at radius 3 is 2.26 bits per heavy atom. The predicted molar refractivity (Wildman–Crippen MR) is 121 cm³/mol. The third-order valence-corrected chi connectivity index (χ3v) is 5.61. The minimum atomic E-state index is -0.223. The van der Waals surface area contributed by atoms with Crippen LogP contribution in [0.1, 0.15) is 45.6 Å². The SMILES string of the molecule is Cc1ccc(C(=O)Nc2nc3n(n2)[C@@H](c2ccccc2)C[C@H](c2ccccc2)N3)cc1. The molecule has 0 fully saturated rings. The molecule has 0 aliphatic carbocycles. The Morgan fingerprint density at radius 1 is 0.935 bits per heavy atom. The van der Waals surface area contributed by atoms with E-state index in [1.54, 1.807) is 12.1 Å². The number of aryl methyl sites for hydroxylation is 1. The first-order valence-electron chi connectivity index (χ1n) is 10.4. The van der Waals surface area contributed by atoms with Gasteiger partial charge in [-0.15, -0.1) is 5.10 Å². The van der Waals surface area contributed by atoms with Crippen molar-refractivity contribution >= 4 is 17.8 Å². The van der Waals surface area contributed by atoms with E-state index >= 15 is 0 Å². The second-order valence-electron chi connectivity index (χ2n) is 7.79. The summed E-state index contributed by atoms with van der Waals surface area (Å²) in [5.74, 6) is 0.717. The molecule has 2 atom stereocenters. The van der Waals surface area contributed by atoms with Crippen LogP contribution in [0.2, 0.25) is 0 Å². The standard InChI is InChI=1S/C25H23N5O/c1-17-12-14-20(15-13-17)23(31)27-24-28-25-26-21(18-8-4-2-5-9-18)16-22(30(25)29-24)19-10-6-3-7-11-19/h2-15,21-22H,16H2,1H3,(H2,26,27,28,29,31)/t21-,22-/m1/s1. The fraction of sp³-hybridized carbons (Fsp3) is 0.160. The first-order valence-corrected chi connectivity index (χ1v) is 10.4. The Hall–Kier alpha value is -3.93. The van der Waals surface area contributed by atoms with Crippen molar-refractivity contribution in [2.24, 2.45) is 0 Å². The second kappa shape index (κ2) is 8.07. The highest BCUT2D eigenvalue weighted by atomic mass is 16.1. The Balaban J connectivity index is 1.47. The Labute approximate surface area is 181 Å². The summed E-state index contributed by atoms with van der Waals surface area (Å²) in [4.78, 5) is 17.2. The Morgan fingerprint density at radius 2 is 1.58 bits per heavy atom. The van der Waals surface area contributed by atoms with Crippen LogP contribution in [0.15, 0.2) is 84.9 Å². The third-order valence-electron chi connectivity index (χ3n) is 5.61. The van der Waals surface area contributed by atoms with E-state index in [4.69, 9.17) is 0 Å². The third kappa shape index (κ3) is 3.92. The number of benzene rings is 3. The monoisotopic (exact) mass is 409 g/mol. The van der Waals surface area contributed by atoms with E-state index in [1.165, 1.54) is 5.56 Å². The molecule has 4 aromatic rings. The summed E-state index contributed by atoms with van der Waals surface area (Å²) in [6, 6.07) is 28.2. The molecule has 6 nitrogen and oxygen atoms in total. The van der Waals surface area contributed by atoms with Crippen LogP contribution in [0.25, 0.3) is 0 Å². The molecule has 0 spiro atoms. The van der Waals surface area contributed by atoms with Gasteiger partial charge in [0.25, 0.3) is 11.9 Å². The van der Waals surface area contributed by atoms with Crippen molar-refractivity contribution in [3.63, 3.8) is 0 Å². The maximum absolute atomic E-state index is 12.7. The molecule has 1 aliphatic heterocycles. The lowest BCUT2D eigenvalue weighted by Crippen LogP contribution is -2.28. The molecule has 2 N–H and O–H groups in total. The highest BCUT2D eigenvalue weighted by Crippen LogP contribution is 2.38. The topological polar surface area (TPSA) is 71.8 Å². The lowest BCUT2D eigenvalue weighted by Gasteiger charge is -2.31. The van der Waals surface area contributed by atoms with E-state index in [-0.39, 0.29) is 18.0 Å². The number of carbonyl (C=O) groups is 1. The molecule has 0 saturated carbocycles. The van der Waals surface area contributed by atoms with Crippen LogP contribution in [-0.4, -0.2) is 20.7 Å². The predicted octanol–water partition coefficient (Wildman–Crippen LogP) is 4.99. The van der Waals surface area contributed by atoms with Crippen molar-refractivity contribution in [1.82, 2.24) is 14.8 Å². The lowest BCUT2D eigenvalue weighted by atomic mass is 9.93. The number of nitrogens with zero attached hydrogens (tertiary/aromatic N) is 3. The number of amides is 1. The summed E-state index contributed by atoms with van der Waals surface area (Å²) >= 11 is 0. The van der Waals surface area contributed by atoms with Crippen LogP contribution in [0, 0.1) is 6.92 Å². The van der Waals surface area contributed by atoms with Crippen molar-refractivity contribution < 1.29 is 4.79 Å². The molecule has 2 heterocycles. The second-order valence-corrected chi connectivity index (χ2v) is 7.79. The number of aromatic nitrogens is 3. The summed E-state index contributed by atoms with van der Waals surface area (Å²) in [7, 11) is 0. The van der Waals surface area contributed by atoms with E-state index in [0.29, 0.717) is 17.5 Å². The van der Waals surface area contributed by atoms with E-state index in [9.17, 15) is 4.79 Å². The summed E-state index contributed by atoms with van der Waals surface area (Å²) in [6.07, 6.45) is 0.829. The van der Waals surface area contributed by atoms with Crippen molar-refractivity contribution in [2.75, 3.05) is 10.6 Å². The fourth-order valence-electron chi connectivity index (χ4n) is 3.97. The van der Waals surface area contributed by atoms with Gasteiger partial charge >= 0.3 is 0 Å². The fourth-order valence-corrected chi connectivity index (χ4v) is 3.97. The Bertz CT molecular complexity index is 1190. The molecule has 1 aromatic heterocycles. The minimum Gasteiger partial charge on any atom is -0.347 e. The van der Waals surface area contributed by atoms with Gasteiger partial charge in [-0.1, -0.05) is 78.4 Å². The number of fused-ring (bicyclic) bond motifs is 1. The van der Waals surface area contributed by atoms with Gasteiger partial charge in [-0.05, 0) is 36.6 Å². The molecule has 0 radical (unpaired) electrons. The zero-order chi connectivity index (χ0) is 21.2. The molecule has 0 saturated heterocycles. The van der Waals surface area contributed by atoms with E-state index in [1.807, 2.05) is 60.1 Å².